The van der Waals surface area contributed by atoms with E-state index in [0.717, 1.165) is 4.90 Å². The number of imide groups is 1. The van der Waals surface area contributed by atoms with Crippen molar-refractivity contribution in [1.82, 2.24) is 4.98 Å². The lowest BCUT2D eigenvalue weighted by Crippen LogP contribution is -2.31. The minimum Gasteiger partial charge on any atom is -0.389 e. The number of fused-ring (bicyclic) bond motifs is 1. The van der Waals surface area contributed by atoms with Crippen molar-refractivity contribution in [3.8, 4) is 0 Å². The Hall–Kier alpha value is -2.12. The molecule has 0 spiro atoms. The highest BCUT2D eigenvalue weighted by Crippen LogP contribution is 2.31. The Balaban J connectivity index is 2.20. The van der Waals surface area contributed by atoms with Crippen LogP contribution in [0.25, 0.3) is 0 Å². The lowest BCUT2D eigenvalue weighted by Gasteiger charge is -2.17. The number of anilines is 1. The molecule has 2 aromatic rings. The van der Waals surface area contributed by atoms with Crippen LogP contribution in [-0.2, 0) is 0 Å². The van der Waals surface area contributed by atoms with Crippen molar-refractivity contribution in [3.05, 3.63) is 57.8 Å². The standard InChI is InChI=1S/C14H8BrN3O2S/c15-7-3-4-8(12(16)21)10(6-7)18-13(19)9-2-1-5-17-11(9)14(18)20/h1-6H,(H2,16,21). The molecule has 7 heteroatoms. The van der Waals surface area contributed by atoms with Crippen molar-refractivity contribution in [3.63, 3.8) is 0 Å². The highest BCUT2D eigenvalue weighted by Gasteiger charge is 2.39. The van der Waals surface area contributed by atoms with Gasteiger partial charge in [-0.2, -0.15) is 0 Å². The molecule has 21 heavy (non-hydrogen) atoms. The van der Waals surface area contributed by atoms with Crippen molar-refractivity contribution in [2.24, 2.45) is 5.73 Å². The van der Waals surface area contributed by atoms with Gasteiger partial charge < -0.3 is 5.73 Å². The van der Waals surface area contributed by atoms with Crippen LogP contribution in [0.3, 0.4) is 0 Å². The normalized spacial score (nSPS) is 13.5. The zero-order chi connectivity index (χ0) is 15.1. The summed E-state index contributed by atoms with van der Waals surface area (Å²) in [7, 11) is 0. The Kier molecular flexibility index (Phi) is 3.30. The highest BCUT2D eigenvalue weighted by atomic mass is 79.9. The van der Waals surface area contributed by atoms with E-state index in [2.05, 4.69) is 20.9 Å². The average molecular weight is 362 g/mol. The van der Waals surface area contributed by atoms with Gasteiger partial charge in [0.15, 0.2) is 0 Å². The van der Waals surface area contributed by atoms with E-state index in [4.69, 9.17) is 18.0 Å². The van der Waals surface area contributed by atoms with E-state index in [-0.39, 0.29) is 16.2 Å². The summed E-state index contributed by atoms with van der Waals surface area (Å²) in [5, 5.41) is 0. The fourth-order valence-electron chi connectivity index (χ4n) is 2.18. The second kappa shape index (κ2) is 5.01. The van der Waals surface area contributed by atoms with E-state index >= 15 is 0 Å². The van der Waals surface area contributed by atoms with Crippen LogP contribution in [0.1, 0.15) is 26.4 Å². The minimum absolute atomic E-state index is 0.113. The summed E-state index contributed by atoms with van der Waals surface area (Å²) in [6, 6.07) is 8.23. The first-order valence-electron chi connectivity index (χ1n) is 5.94. The number of hydrogen-bond donors (Lipinski definition) is 1. The van der Waals surface area contributed by atoms with Gasteiger partial charge in [0, 0.05) is 16.2 Å². The average Bonchev–Trinajstić information content (AvgIpc) is 2.71. The largest absolute Gasteiger partial charge is 0.389 e. The molecule has 0 bridgehead atoms. The molecule has 1 aliphatic heterocycles. The second-order valence-corrected chi connectivity index (χ2v) is 5.73. The molecule has 1 aromatic heterocycles. The molecule has 0 atom stereocenters. The minimum atomic E-state index is -0.480. The van der Waals surface area contributed by atoms with Crippen LogP contribution in [0, 0.1) is 0 Å². The topological polar surface area (TPSA) is 76.3 Å². The molecule has 0 aliphatic carbocycles. The first-order valence-corrected chi connectivity index (χ1v) is 7.14. The van der Waals surface area contributed by atoms with Gasteiger partial charge in [-0.05, 0) is 30.3 Å². The molecule has 2 N–H and O–H groups in total. The molecule has 3 rings (SSSR count). The highest BCUT2D eigenvalue weighted by molar-refractivity contribution is 9.10. The molecule has 5 nitrogen and oxygen atoms in total. The number of rotatable bonds is 2. The molecule has 0 saturated heterocycles. The maximum Gasteiger partial charge on any atom is 0.284 e. The van der Waals surface area contributed by atoms with Gasteiger partial charge in [-0.15, -0.1) is 0 Å². The Bertz CT molecular complexity index is 772. The Labute approximate surface area is 133 Å². The first kappa shape index (κ1) is 13.8. The van der Waals surface area contributed by atoms with Crippen LogP contribution in [-0.4, -0.2) is 21.8 Å². The Morgan fingerprint density at radius 3 is 2.67 bits per heavy atom. The first-order chi connectivity index (χ1) is 10.0. The molecular formula is C14H8BrN3O2S. The molecule has 0 unspecified atom stereocenters. The number of carbonyl (C=O) groups is 2. The quantitative estimate of drug-likeness (QED) is 0.655. The predicted octanol–water partition coefficient (Wildman–Crippen LogP) is 2.28. The summed E-state index contributed by atoms with van der Waals surface area (Å²) in [5.74, 6) is -0.912. The fraction of sp³-hybridized carbons (Fsp3) is 0. The van der Waals surface area contributed by atoms with Crippen LogP contribution >= 0.6 is 28.1 Å². The number of nitrogens with two attached hydrogens (primary N) is 1. The smallest absolute Gasteiger partial charge is 0.284 e. The molecule has 0 radical (unpaired) electrons. The van der Waals surface area contributed by atoms with Crippen molar-refractivity contribution < 1.29 is 9.59 Å². The van der Waals surface area contributed by atoms with Crippen LogP contribution in [0.2, 0.25) is 0 Å². The summed E-state index contributed by atoms with van der Waals surface area (Å²) in [6.45, 7) is 0. The van der Waals surface area contributed by atoms with E-state index in [0.29, 0.717) is 15.7 Å². The molecule has 104 valence electrons. The Morgan fingerprint density at radius 1 is 1.24 bits per heavy atom. The van der Waals surface area contributed by atoms with Crippen molar-refractivity contribution in [2.45, 2.75) is 0 Å². The summed E-state index contributed by atoms with van der Waals surface area (Å²) < 4.78 is 0.710. The monoisotopic (exact) mass is 361 g/mol. The molecule has 2 amide bonds. The fourth-order valence-corrected chi connectivity index (χ4v) is 2.71. The number of carbonyl (C=O) groups excluding carboxylic acids is 2. The third-order valence-electron chi connectivity index (χ3n) is 3.11. The van der Waals surface area contributed by atoms with Crippen LogP contribution < -0.4 is 10.6 Å². The summed E-state index contributed by atoms with van der Waals surface area (Å²) in [6.07, 6.45) is 1.48. The predicted molar refractivity (Wildman–Crippen MR) is 85.4 cm³/mol. The third-order valence-corrected chi connectivity index (χ3v) is 3.83. The third kappa shape index (κ3) is 2.14. The number of nitrogens with zero attached hydrogens (tertiary/aromatic N) is 2. The summed E-state index contributed by atoms with van der Waals surface area (Å²) >= 11 is 8.31. The zero-order valence-corrected chi connectivity index (χ0v) is 12.9. The van der Waals surface area contributed by atoms with Gasteiger partial charge in [0.2, 0.25) is 0 Å². The Morgan fingerprint density at radius 2 is 2.00 bits per heavy atom. The van der Waals surface area contributed by atoms with E-state index in [1.54, 1.807) is 30.3 Å². The number of pyridine rings is 1. The molecule has 0 saturated carbocycles. The van der Waals surface area contributed by atoms with Gasteiger partial charge in [-0.1, -0.05) is 28.1 Å². The van der Waals surface area contributed by atoms with E-state index in [9.17, 15) is 9.59 Å². The molecule has 1 aliphatic rings. The summed E-state index contributed by atoms with van der Waals surface area (Å²) in [4.78, 5) is 30.0. The van der Waals surface area contributed by atoms with E-state index < -0.39 is 11.8 Å². The molecule has 1 aromatic carbocycles. The summed E-state index contributed by atoms with van der Waals surface area (Å²) in [5.41, 5.74) is 6.90. The number of aromatic nitrogens is 1. The van der Waals surface area contributed by atoms with Crippen molar-refractivity contribution in [2.75, 3.05) is 4.90 Å². The van der Waals surface area contributed by atoms with Gasteiger partial charge in [0.25, 0.3) is 11.8 Å². The van der Waals surface area contributed by atoms with Crippen molar-refractivity contribution >= 4 is 50.6 Å². The van der Waals surface area contributed by atoms with Gasteiger partial charge in [-0.3, -0.25) is 14.6 Å². The van der Waals surface area contributed by atoms with Gasteiger partial charge >= 0.3 is 0 Å². The lowest BCUT2D eigenvalue weighted by molar-refractivity contribution is 0.0924. The second-order valence-electron chi connectivity index (χ2n) is 4.37. The van der Waals surface area contributed by atoms with Crippen LogP contribution in [0.15, 0.2) is 41.0 Å². The number of halogens is 1. The SMILES string of the molecule is NC(=S)c1ccc(Br)cc1N1C(=O)c2cccnc2C1=O. The zero-order valence-electron chi connectivity index (χ0n) is 10.5. The maximum absolute atomic E-state index is 12.5. The molecular weight excluding hydrogens is 354 g/mol. The van der Waals surface area contributed by atoms with E-state index in [1.165, 1.54) is 6.20 Å². The number of hydrogen-bond acceptors (Lipinski definition) is 4. The maximum atomic E-state index is 12.5. The van der Waals surface area contributed by atoms with Gasteiger partial charge in [0.1, 0.15) is 10.7 Å². The lowest BCUT2D eigenvalue weighted by atomic mass is 10.1. The van der Waals surface area contributed by atoms with Gasteiger partial charge in [0.05, 0.1) is 11.3 Å². The molecule has 0 fully saturated rings. The van der Waals surface area contributed by atoms with Crippen LogP contribution in [0.4, 0.5) is 5.69 Å². The van der Waals surface area contributed by atoms with Crippen LogP contribution in [0.5, 0.6) is 0 Å². The number of thiocarbonyl (C=S) groups is 1. The van der Waals surface area contributed by atoms with Gasteiger partial charge in [-0.25, -0.2) is 4.90 Å². The van der Waals surface area contributed by atoms with Crippen molar-refractivity contribution in [1.29, 1.82) is 0 Å². The number of amides is 2. The van der Waals surface area contributed by atoms with E-state index in [1.807, 2.05) is 0 Å². The number of benzene rings is 1. The molecule has 2 heterocycles.